The minimum absolute atomic E-state index is 0.398. The average molecular weight is 506 g/mol. The molecule has 3 aromatic carbocycles. The van der Waals surface area contributed by atoms with Gasteiger partial charge in [-0.25, -0.2) is 0 Å². The first-order valence-electron chi connectivity index (χ1n) is 13.2. The second kappa shape index (κ2) is 11.2. The van der Waals surface area contributed by atoms with E-state index in [9.17, 15) is 0 Å². The molecule has 0 unspecified atom stereocenters. The molecule has 0 atom stereocenters. The summed E-state index contributed by atoms with van der Waals surface area (Å²) in [6, 6.07) is 32.8. The summed E-state index contributed by atoms with van der Waals surface area (Å²) >= 11 is 0. The van der Waals surface area contributed by atoms with Gasteiger partial charge in [-0.15, -0.1) is 0 Å². The van der Waals surface area contributed by atoms with E-state index in [-0.39, 0.29) is 0 Å². The lowest BCUT2D eigenvalue weighted by Gasteiger charge is -2.30. The van der Waals surface area contributed by atoms with Crippen LogP contribution in [0, 0.1) is 0 Å². The van der Waals surface area contributed by atoms with Gasteiger partial charge in [0.1, 0.15) is 13.2 Å². The molecule has 0 saturated carbocycles. The summed E-state index contributed by atoms with van der Waals surface area (Å²) in [5, 5.41) is 0. The summed E-state index contributed by atoms with van der Waals surface area (Å²) < 4.78 is 24.0. The molecule has 0 amide bonds. The SMILES string of the molecule is C1=C(c2ccc(-c3ccc(OCc4ccccc4)nc3OCc3ccccc3)cc2)CCC2(C1)OCCO2. The second-order valence-corrected chi connectivity index (χ2v) is 9.67. The van der Waals surface area contributed by atoms with Crippen LogP contribution in [0.4, 0.5) is 0 Å². The number of benzene rings is 3. The first-order valence-corrected chi connectivity index (χ1v) is 13.2. The largest absolute Gasteiger partial charge is 0.473 e. The van der Waals surface area contributed by atoms with Crippen molar-refractivity contribution in [3.05, 3.63) is 120 Å². The molecule has 4 aromatic rings. The number of aromatic nitrogens is 1. The number of allylic oxidation sites excluding steroid dienone is 1. The molecule has 1 fully saturated rings. The van der Waals surface area contributed by atoms with Crippen LogP contribution in [0.15, 0.2) is 103 Å². The molecule has 1 aliphatic carbocycles. The third-order valence-electron chi connectivity index (χ3n) is 7.10. The van der Waals surface area contributed by atoms with Gasteiger partial charge in [-0.3, -0.25) is 0 Å². The predicted molar refractivity (Wildman–Crippen MR) is 148 cm³/mol. The van der Waals surface area contributed by atoms with Crippen LogP contribution in [-0.4, -0.2) is 24.0 Å². The molecule has 6 rings (SSSR count). The Morgan fingerprint density at radius 2 is 1.32 bits per heavy atom. The first kappa shape index (κ1) is 24.4. The van der Waals surface area contributed by atoms with Gasteiger partial charge in [0, 0.05) is 24.5 Å². The third kappa shape index (κ3) is 5.64. The van der Waals surface area contributed by atoms with E-state index in [4.69, 9.17) is 23.9 Å². The Balaban J connectivity index is 1.22. The fourth-order valence-electron chi connectivity index (χ4n) is 4.98. The number of nitrogens with zero attached hydrogens (tertiary/aromatic N) is 1. The van der Waals surface area contributed by atoms with Crippen molar-refractivity contribution in [3.63, 3.8) is 0 Å². The molecule has 0 radical (unpaired) electrons. The maximum absolute atomic E-state index is 6.24. The zero-order valence-corrected chi connectivity index (χ0v) is 21.3. The third-order valence-corrected chi connectivity index (χ3v) is 7.10. The number of rotatable bonds is 8. The van der Waals surface area contributed by atoms with Gasteiger partial charge in [-0.05, 0) is 40.3 Å². The van der Waals surface area contributed by atoms with E-state index < -0.39 is 5.79 Å². The van der Waals surface area contributed by atoms with Gasteiger partial charge in [0.2, 0.25) is 11.8 Å². The minimum Gasteiger partial charge on any atom is -0.473 e. The van der Waals surface area contributed by atoms with E-state index in [0.29, 0.717) is 38.2 Å². The Morgan fingerprint density at radius 1 is 0.684 bits per heavy atom. The van der Waals surface area contributed by atoms with Crippen LogP contribution < -0.4 is 9.47 Å². The topological polar surface area (TPSA) is 49.8 Å². The van der Waals surface area contributed by atoms with Gasteiger partial charge < -0.3 is 18.9 Å². The molecule has 1 spiro atoms. The zero-order valence-electron chi connectivity index (χ0n) is 21.3. The highest BCUT2D eigenvalue weighted by Gasteiger charge is 2.37. The van der Waals surface area contributed by atoms with Crippen molar-refractivity contribution in [3.8, 4) is 22.9 Å². The highest BCUT2D eigenvalue weighted by Crippen LogP contribution is 2.39. The van der Waals surface area contributed by atoms with Gasteiger partial charge >= 0.3 is 0 Å². The van der Waals surface area contributed by atoms with E-state index >= 15 is 0 Å². The molecule has 38 heavy (non-hydrogen) atoms. The molecule has 1 aliphatic heterocycles. The maximum atomic E-state index is 6.24. The molecule has 2 heterocycles. The maximum Gasteiger partial charge on any atom is 0.225 e. The van der Waals surface area contributed by atoms with Gasteiger partial charge in [-0.2, -0.15) is 4.98 Å². The van der Waals surface area contributed by atoms with Crippen molar-refractivity contribution in [2.75, 3.05) is 13.2 Å². The van der Waals surface area contributed by atoms with Crippen molar-refractivity contribution in [2.45, 2.75) is 38.3 Å². The van der Waals surface area contributed by atoms with Crippen LogP contribution >= 0.6 is 0 Å². The van der Waals surface area contributed by atoms with Crippen LogP contribution in [0.25, 0.3) is 16.7 Å². The predicted octanol–water partition coefficient (Wildman–Crippen LogP) is 7.22. The molecule has 1 aromatic heterocycles. The summed E-state index contributed by atoms with van der Waals surface area (Å²) in [6.45, 7) is 2.26. The van der Waals surface area contributed by atoms with Gasteiger partial charge in [0.25, 0.3) is 0 Å². The summed E-state index contributed by atoms with van der Waals surface area (Å²) in [4.78, 5) is 4.75. The fraction of sp³-hybridized carbons (Fsp3) is 0.242. The monoisotopic (exact) mass is 505 g/mol. The second-order valence-electron chi connectivity index (χ2n) is 9.67. The Morgan fingerprint density at radius 3 is 1.95 bits per heavy atom. The average Bonchev–Trinajstić information content (AvgIpc) is 3.44. The van der Waals surface area contributed by atoms with E-state index in [2.05, 4.69) is 30.3 Å². The van der Waals surface area contributed by atoms with Crippen molar-refractivity contribution < 1.29 is 18.9 Å². The molecule has 5 nitrogen and oxygen atoms in total. The number of hydrogen-bond donors (Lipinski definition) is 0. The van der Waals surface area contributed by atoms with Crippen LogP contribution in [-0.2, 0) is 22.7 Å². The molecular formula is C33H31NO4. The molecule has 0 bridgehead atoms. The van der Waals surface area contributed by atoms with E-state index in [0.717, 1.165) is 41.5 Å². The molecule has 5 heteroatoms. The number of hydrogen-bond acceptors (Lipinski definition) is 5. The molecule has 1 saturated heterocycles. The lowest BCUT2D eigenvalue weighted by Crippen LogP contribution is -2.31. The molecule has 192 valence electrons. The quantitative estimate of drug-likeness (QED) is 0.253. The van der Waals surface area contributed by atoms with Crippen molar-refractivity contribution in [1.82, 2.24) is 4.98 Å². The van der Waals surface area contributed by atoms with Crippen molar-refractivity contribution in [1.29, 1.82) is 0 Å². The molecule has 2 aliphatic rings. The summed E-state index contributed by atoms with van der Waals surface area (Å²) in [5.74, 6) is 0.696. The highest BCUT2D eigenvalue weighted by molar-refractivity contribution is 5.73. The lowest BCUT2D eigenvalue weighted by atomic mass is 9.89. The Kier molecular flexibility index (Phi) is 7.20. The standard InChI is InChI=1S/C33H31NO4/c1-3-7-25(8-4-1)23-35-31-16-15-30(32(34-31)36-24-26-9-5-2-6-10-26)29-13-11-27(12-14-29)28-17-19-33(20-18-28)37-21-22-38-33/h1-17H,18-24H2. The summed E-state index contributed by atoms with van der Waals surface area (Å²) in [5.41, 5.74) is 6.73. The van der Waals surface area contributed by atoms with E-state index in [1.165, 1.54) is 11.1 Å². The van der Waals surface area contributed by atoms with Crippen LogP contribution in [0.1, 0.15) is 36.0 Å². The van der Waals surface area contributed by atoms with Crippen LogP contribution in [0.3, 0.4) is 0 Å². The van der Waals surface area contributed by atoms with Gasteiger partial charge in [0.15, 0.2) is 5.79 Å². The number of ether oxygens (including phenoxy) is 4. The molecule has 0 N–H and O–H groups in total. The number of pyridine rings is 1. The minimum atomic E-state index is -0.398. The van der Waals surface area contributed by atoms with Crippen LogP contribution in [0.2, 0.25) is 0 Å². The lowest BCUT2D eigenvalue weighted by molar-refractivity contribution is -0.159. The van der Waals surface area contributed by atoms with Crippen molar-refractivity contribution in [2.24, 2.45) is 0 Å². The van der Waals surface area contributed by atoms with Gasteiger partial charge in [0.05, 0.1) is 13.2 Å². The van der Waals surface area contributed by atoms with E-state index in [1.54, 1.807) is 0 Å². The Bertz CT molecular complexity index is 1380. The zero-order chi connectivity index (χ0) is 25.6. The highest BCUT2D eigenvalue weighted by atomic mass is 16.7. The Hall–Kier alpha value is -3.93. The summed E-state index contributed by atoms with van der Waals surface area (Å²) in [6.07, 6.45) is 4.90. The van der Waals surface area contributed by atoms with Crippen LogP contribution in [0.5, 0.6) is 11.8 Å². The summed E-state index contributed by atoms with van der Waals surface area (Å²) in [7, 11) is 0. The first-order chi connectivity index (χ1) is 18.8. The van der Waals surface area contributed by atoms with Gasteiger partial charge in [-0.1, -0.05) is 91.0 Å². The Labute approximate surface area is 223 Å². The van der Waals surface area contributed by atoms with Crippen molar-refractivity contribution >= 4 is 5.57 Å². The van der Waals surface area contributed by atoms with E-state index in [1.807, 2.05) is 72.8 Å². The smallest absolute Gasteiger partial charge is 0.225 e. The fourth-order valence-corrected chi connectivity index (χ4v) is 4.98. The molecular weight excluding hydrogens is 474 g/mol. The normalized spacial score (nSPS) is 16.3.